The molecule has 1 fully saturated rings. The number of aliphatic carboxylic acids is 1. The van der Waals surface area contributed by atoms with Gasteiger partial charge in [-0.25, -0.2) is 0 Å². The van der Waals surface area contributed by atoms with E-state index in [1.165, 1.54) is 0 Å². The second-order valence-electron chi connectivity index (χ2n) is 4.10. The van der Waals surface area contributed by atoms with Gasteiger partial charge >= 0.3 is 5.97 Å². The highest BCUT2D eigenvalue weighted by Crippen LogP contribution is 2.00. The molecule has 0 atom stereocenters. The lowest BCUT2D eigenvalue weighted by molar-refractivity contribution is -0.141. The van der Waals surface area contributed by atoms with Gasteiger partial charge in [-0.3, -0.25) is 14.5 Å². The summed E-state index contributed by atoms with van der Waals surface area (Å²) in [5.74, 6) is -0.906. The van der Waals surface area contributed by atoms with E-state index in [1.54, 1.807) is 9.80 Å². The van der Waals surface area contributed by atoms with Gasteiger partial charge in [0.2, 0.25) is 5.91 Å². The molecule has 17 heavy (non-hydrogen) atoms. The van der Waals surface area contributed by atoms with Crippen LogP contribution in [0.1, 0.15) is 13.3 Å². The summed E-state index contributed by atoms with van der Waals surface area (Å²) < 4.78 is 5.17. The molecule has 0 bridgehead atoms. The summed E-state index contributed by atoms with van der Waals surface area (Å²) in [6, 6.07) is 0. The fourth-order valence-electron chi connectivity index (χ4n) is 1.83. The fourth-order valence-corrected chi connectivity index (χ4v) is 1.83. The number of carboxylic acids is 1. The molecule has 6 nitrogen and oxygen atoms in total. The van der Waals surface area contributed by atoms with Crippen LogP contribution < -0.4 is 0 Å². The van der Waals surface area contributed by atoms with E-state index in [0.29, 0.717) is 32.8 Å². The predicted molar refractivity (Wildman–Crippen MR) is 61.8 cm³/mol. The first-order chi connectivity index (χ1) is 8.13. The van der Waals surface area contributed by atoms with Crippen molar-refractivity contribution in [2.24, 2.45) is 0 Å². The van der Waals surface area contributed by atoms with Crippen molar-refractivity contribution in [3.63, 3.8) is 0 Å². The molecule has 1 heterocycles. The number of amides is 1. The van der Waals surface area contributed by atoms with E-state index in [2.05, 4.69) is 0 Å². The molecule has 0 aromatic carbocycles. The van der Waals surface area contributed by atoms with E-state index in [9.17, 15) is 9.59 Å². The van der Waals surface area contributed by atoms with Gasteiger partial charge < -0.3 is 14.7 Å². The predicted octanol–water partition coefficient (Wildman–Crippen LogP) is -0.358. The topological polar surface area (TPSA) is 70.1 Å². The monoisotopic (exact) mass is 244 g/mol. The Bertz CT molecular complexity index is 264. The first-order valence-corrected chi connectivity index (χ1v) is 5.93. The zero-order chi connectivity index (χ0) is 12.7. The zero-order valence-corrected chi connectivity index (χ0v) is 10.2. The number of carbonyl (C=O) groups excluding carboxylic acids is 1. The van der Waals surface area contributed by atoms with Crippen LogP contribution in [0.25, 0.3) is 0 Å². The SMILES string of the molecule is CCCN(CC(=O)O)CC(=O)N1CCOCC1. The number of hydrogen-bond acceptors (Lipinski definition) is 4. The highest BCUT2D eigenvalue weighted by atomic mass is 16.5. The Morgan fingerprint density at radius 3 is 2.47 bits per heavy atom. The number of hydrogen-bond donors (Lipinski definition) is 1. The average molecular weight is 244 g/mol. The van der Waals surface area contributed by atoms with Crippen molar-refractivity contribution in [1.82, 2.24) is 9.80 Å². The van der Waals surface area contributed by atoms with Crippen molar-refractivity contribution < 1.29 is 19.4 Å². The number of carboxylic acid groups (broad SMARTS) is 1. The smallest absolute Gasteiger partial charge is 0.317 e. The maximum absolute atomic E-state index is 11.9. The van der Waals surface area contributed by atoms with Crippen LogP contribution in [0.3, 0.4) is 0 Å². The van der Waals surface area contributed by atoms with Crippen LogP contribution in [0.5, 0.6) is 0 Å². The second-order valence-corrected chi connectivity index (χ2v) is 4.10. The summed E-state index contributed by atoms with van der Waals surface area (Å²) in [5.41, 5.74) is 0. The number of rotatable bonds is 6. The Balaban J connectivity index is 2.41. The van der Waals surface area contributed by atoms with Crippen molar-refractivity contribution in [3.05, 3.63) is 0 Å². The Labute approximate surface area is 101 Å². The van der Waals surface area contributed by atoms with Gasteiger partial charge in [-0.1, -0.05) is 6.92 Å². The van der Waals surface area contributed by atoms with Crippen molar-refractivity contribution >= 4 is 11.9 Å². The lowest BCUT2D eigenvalue weighted by atomic mass is 10.3. The summed E-state index contributed by atoms with van der Waals surface area (Å²) in [7, 11) is 0. The molecule has 1 rings (SSSR count). The Hall–Kier alpha value is -1.14. The molecular formula is C11H20N2O4. The number of carbonyl (C=O) groups is 2. The lowest BCUT2D eigenvalue weighted by Crippen LogP contribution is -2.46. The largest absolute Gasteiger partial charge is 0.480 e. The molecule has 1 aliphatic heterocycles. The van der Waals surface area contributed by atoms with E-state index >= 15 is 0 Å². The molecule has 98 valence electrons. The van der Waals surface area contributed by atoms with E-state index in [0.717, 1.165) is 6.42 Å². The second kappa shape index (κ2) is 7.24. The third-order valence-corrected chi connectivity index (χ3v) is 2.62. The first-order valence-electron chi connectivity index (χ1n) is 5.93. The molecule has 0 aliphatic carbocycles. The molecule has 0 radical (unpaired) electrons. The van der Waals surface area contributed by atoms with Crippen molar-refractivity contribution in [2.75, 3.05) is 45.9 Å². The average Bonchev–Trinajstić information content (AvgIpc) is 2.29. The normalized spacial score (nSPS) is 16.2. The Morgan fingerprint density at radius 2 is 1.94 bits per heavy atom. The summed E-state index contributed by atoms with van der Waals surface area (Å²) >= 11 is 0. The van der Waals surface area contributed by atoms with Crippen LogP contribution in [-0.4, -0.2) is 72.7 Å². The fraction of sp³-hybridized carbons (Fsp3) is 0.818. The number of ether oxygens (including phenoxy) is 1. The molecule has 1 N–H and O–H groups in total. The number of morpholine rings is 1. The summed E-state index contributed by atoms with van der Waals surface area (Å²) in [6.07, 6.45) is 0.837. The minimum Gasteiger partial charge on any atom is -0.480 e. The highest BCUT2D eigenvalue weighted by Gasteiger charge is 2.20. The van der Waals surface area contributed by atoms with Crippen molar-refractivity contribution in [1.29, 1.82) is 0 Å². The zero-order valence-electron chi connectivity index (χ0n) is 10.2. The van der Waals surface area contributed by atoms with Gasteiger partial charge in [-0.05, 0) is 13.0 Å². The quantitative estimate of drug-likeness (QED) is 0.691. The van der Waals surface area contributed by atoms with Crippen LogP contribution in [0, 0.1) is 0 Å². The van der Waals surface area contributed by atoms with Gasteiger partial charge in [0.25, 0.3) is 0 Å². The maximum Gasteiger partial charge on any atom is 0.317 e. The van der Waals surface area contributed by atoms with E-state index < -0.39 is 5.97 Å². The van der Waals surface area contributed by atoms with Crippen LogP contribution in [-0.2, 0) is 14.3 Å². The standard InChI is InChI=1S/C11H20N2O4/c1-2-3-12(9-11(15)16)8-10(14)13-4-6-17-7-5-13/h2-9H2,1H3,(H,15,16). The molecule has 0 aromatic heterocycles. The minimum atomic E-state index is -0.895. The van der Waals surface area contributed by atoms with Gasteiger partial charge in [-0.2, -0.15) is 0 Å². The molecule has 0 spiro atoms. The van der Waals surface area contributed by atoms with E-state index in [-0.39, 0.29) is 19.0 Å². The molecule has 0 aromatic rings. The van der Waals surface area contributed by atoms with Gasteiger partial charge in [0.05, 0.1) is 26.3 Å². The summed E-state index contributed by atoms with van der Waals surface area (Å²) in [6.45, 7) is 5.04. The van der Waals surface area contributed by atoms with Gasteiger partial charge in [0.15, 0.2) is 0 Å². The van der Waals surface area contributed by atoms with Crippen molar-refractivity contribution in [3.8, 4) is 0 Å². The maximum atomic E-state index is 11.9. The third kappa shape index (κ3) is 5.14. The molecule has 1 amide bonds. The first kappa shape index (κ1) is 13.9. The minimum absolute atomic E-state index is 0.0111. The van der Waals surface area contributed by atoms with Crippen molar-refractivity contribution in [2.45, 2.75) is 13.3 Å². The Kier molecular flexibility index (Phi) is 5.93. The number of nitrogens with zero attached hydrogens (tertiary/aromatic N) is 2. The molecule has 1 aliphatic rings. The molecule has 0 unspecified atom stereocenters. The van der Waals surface area contributed by atoms with Crippen LogP contribution in [0.2, 0.25) is 0 Å². The highest BCUT2D eigenvalue weighted by molar-refractivity contribution is 5.79. The van der Waals surface area contributed by atoms with E-state index in [4.69, 9.17) is 9.84 Å². The van der Waals surface area contributed by atoms with Crippen LogP contribution in [0.15, 0.2) is 0 Å². The van der Waals surface area contributed by atoms with Gasteiger partial charge in [0.1, 0.15) is 0 Å². The Morgan fingerprint density at radius 1 is 1.29 bits per heavy atom. The summed E-state index contributed by atoms with van der Waals surface area (Å²) in [4.78, 5) is 26.0. The van der Waals surface area contributed by atoms with Crippen LogP contribution >= 0.6 is 0 Å². The third-order valence-electron chi connectivity index (χ3n) is 2.62. The molecule has 6 heteroatoms. The van der Waals surface area contributed by atoms with Gasteiger partial charge in [0, 0.05) is 13.1 Å². The molecular weight excluding hydrogens is 224 g/mol. The van der Waals surface area contributed by atoms with Crippen LogP contribution in [0.4, 0.5) is 0 Å². The van der Waals surface area contributed by atoms with Gasteiger partial charge in [-0.15, -0.1) is 0 Å². The van der Waals surface area contributed by atoms with E-state index in [1.807, 2.05) is 6.92 Å². The molecule has 0 saturated carbocycles. The molecule has 1 saturated heterocycles. The lowest BCUT2D eigenvalue weighted by Gasteiger charge is -2.29. The summed E-state index contributed by atoms with van der Waals surface area (Å²) in [5, 5.41) is 8.75.